The van der Waals surface area contributed by atoms with Gasteiger partial charge in [0.1, 0.15) is 16.7 Å². The zero-order valence-electron chi connectivity index (χ0n) is 14.7. The number of hydrogen-bond donors (Lipinski definition) is 1. The van der Waals surface area contributed by atoms with Crippen LogP contribution in [-0.2, 0) is 11.0 Å². The first kappa shape index (κ1) is 19.1. The lowest BCUT2D eigenvalue weighted by Crippen LogP contribution is -2.34. The number of halogens is 3. The van der Waals surface area contributed by atoms with Crippen molar-refractivity contribution in [1.82, 2.24) is 9.55 Å². The predicted octanol–water partition coefficient (Wildman–Crippen LogP) is 4.29. The summed E-state index contributed by atoms with van der Waals surface area (Å²) in [7, 11) is 0. The fourth-order valence-corrected chi connectivity index (χ4v) is 3.78. The van der Waals surface area contributed by atoms with Gasteiger partial charge in [-0.1, -0.05) is 12.1 Å². The van der Waals surface area contributed by atoms with Gasteiger partial charge in [-0.15, -0.1) is 11.3 Å². The van der Waals surface area contributed by atoms with E-state index in [2.05, 4.69) is 10.3 Å². The van der Waals surface area contributed by atoms with Crippen molar-refractivity contribution in [2.45, 2.75) is 33.0 Å². The third-order valence-electron chi connectivity index (χ3n) is 4.15. The average molecular weight is 395 g/mol. The summed E-state index contributed by atoms with van der Waals surface area (Å²) in [6.07, 6.45) is -4.60. The predicted molar refractivity (Wildman–Crippen MR) is 98.1 cm³/mol. The van der Waals surface area contributed by atoms with Gasteiger partial charge in [-0.2, -0.15) is 13.2 Å². The van der Waals surface area contributed by atoms with Gasteiger partial charge in [0.15, 0.2) is 0 Å². The molecule has 0 aliphatic carbocycles. The van der Waals surface area contributed by atoms with E-state index in [1.165, 1.54) is 41.0 Å². The Morgan fingerprint density at radius 1 is 1.26 bits per heavy atom. The van der Waals surface area contributed by atoms with Crippen LogP contribution in [0.2, 0.25) is 0 Å². The molecule has 2 aromatic heterocycles. The molecule has 1 aromatic carbocycles. The summed E-state index contributed by atoms with van der Waals surface area (Å²) in [6, 6.07) is 5.36. The molecule has 142 valence electrons. The number of carbonyl (C=O) groups is 1. The Kier molecular flexibility index (Phi) is 4.81. The van der Waals surface area contributed by atoms with E-state index in [9.17, 15) is 22.8 Å². The van der Waals surface area contributed by atoms with Crippen LogP contribution < -0.4 is 10.9 Å². The van der Waals surface area contributed by atoms with Crippen LogP contribution in [0.3, 0.4) is 0 Å². The number of amides is 1. The topological polar surface area (TPSA) is 64.0 Å². The van der Waals surface area contributed by atoms with E-state index in [4.69, 9.17) is 0 Å². The number of para-hydroxylation sites is 1. The van der Waals surface area contributed by atoms with Crippen LogP contribution in [0.1, 0.15) is 29.2 Å². The minimum atomic E-state index is -4.60. The summed E-state index contributed by atoms with van der Waals surface area (Å²) in [5.74, 6) is -0.411. The second-order valence-electron chi connectivity index (χ2n) is 6.12. The summed E-state index contributed by atoms with van der Waals surface area (Å²) >= 11 is 1.37. The number of aryl methyl sites for hydroxylation is 2. The normalized spacial score (nSPS) is 13.0. The van der Waals surface area contributed by atoms with Crippen LogP contribution >= 0.6 is 11.3 Å². The highest BCUT2D eigenvalue weighted by Gasteiger charge is 2.34. The van der Waals surface area contributed by atoms with Gasteiger partial charge in [-0.25, -0.2) is 4.98 Å². The molecule has 3 aromatic rings. The Morgan fingerprint density at radius 2 is 1.93 bits per heavy atom. The van der Waals surface area contributed by atoms with Gasteiger partial charge in [0.2, 0.25) is 5.91 Å². The van der Waals surface area contributed by atoms with Gasteiger partial charge in [0.05, 0.1) is 16.6 Å². The van der Waals surface area contributed by atoms with Crippen molar-refractivity contribution in [3.05, 3.63) is 57.0 Å². The molecule has 3 rings (SSSR count). The van der Waals surface area contributed by atoms with Crippen LogP contribution in [0.15, 0.2) is 35.1 Å². The Morgan fingerprint density at radius 3 is 2.59 bits per heavy atom. The Labute approximate surface area is 156 Å². The molecular formula is C18H16F3N3O2S. The van der Waals surface area contributed by atoms with Crippen molar-refractivity contribution in [3.8, 4) is 0 Å². The number of carbonyl (C=O) groups excluding carboxylic acids is 1. The maximum absolute atomic E-state index is 13.1. The summed E-state index contributed by atoms with van der Waals surface area (Å²) in [5.41, 5.74) is -1.70. The summed E-state index contributed by atoms with van der Waals surface area (Å²) < 4.78 is 40.5. The summed E-state index contributed by atoms with van der Waals surface area (Å²) in [5, 5.41) is 2.67. The van der Waals surface area contributed by atoms with E-state index >= 15 is 0 Å². The standard InChI is InChI=1S/C18H16F3N3O2S/c1-9-8-12-16(27-9)22-11(3)24(17(12)26)10(2)15(25)23-14-7-5-4-6-13(14)18(19,20)21/h4-8,10H,1-3H3,(H,23,25). The van der Waals surface area contributed by atoms with Gasteiger partial charge >= 0.3 is 6.18 Å². The highest BCUT2D eigenvalue weighted by atomic mass is 32.1. The molecule has 2 heterocycles. The molecule has 0 fully saturated rings. The first-order chi connectivity index (χ1) is 12.6. The molecule has 5 nitrogen and oxygen atoms in total. The Balaban J connectivity index is 1.98. The van der Waals surface area contributed by atoms with Gasteiger partial charge < -0.3 is 5.32 Å². The smallest absolute Gasteiger partial charge is 0.324 e. The number of rotatable bonds is 3. The Hall–Kier alpha value is -2.68. The third-order valence-corrected chi connectivity index (χ3v) is 5.10. The van der Waals surface area contributed by atoms with Gasteiger partial charge in [0.25, 0.3) is 5.56 Å². The summed E-state index contributed by atoms with van der Waals surface area (Å²) in [4.78, 5) is 31.2. The van der Waals surface area contributed by atoms with Crippen LogP contribution in [-0.4, -0.2) is 15.5 Å². The molecular weight excluding hydrogens is 379 g/mol. The molecule has 1 amide bonds. The molecule has 0 aliphatic heterocycles. The molecule has 0 bridgehead atoms. The van der Waals surface area contributed by atoms with E-state index in [0.29, 0.717) is 16.0 Å². The highest BCUT2D eigenvalue weighted by Crippen LogP contribution is 2.34. The average Bonchev–Trinajstić information content (AvgIpc) is 2.94. The lowest BCUT2D eigenvalue weighted by Gasteiger charge is -2.19. The van der Waals surface area contributed by atoms with E-state index in [0.717, 1.165) is 10.9 Å². The van der Waals surface area contributed by atoms with Crippen molar-refractivity contribution >= 4 is 33.1 Å². The number of thiophene rings is 1. The molecule has 9 heteroatoms. The fourth-order valence-electron chi connectivity index (χ4n) is 2.87. The first-order valence-electron chi connectivity index (χ1n) is 8.06. The largest absolute Gasteiger partial charge is 0.418 e. The van der Waals surface area contributed by atoms with Gasteiger partial charge in [-0.3, -0.25) is 14.2 Å². The number of aromatic nitrogens is 2. The molecule has 0 radical (unpaired) electrons. The van der Waals surface area contributed by atoms with Gasteiger partial charge in [-0.05, 0) is 39.0 Å². The van der Waals surface area contributed by atoms with Crippen molar-refractivity contribution in [1.29, 1.82) is 0 Å². The zero-order valence-corrected chi connectivity index (χ0v) is 15.5. The highest BCUT2D eigenvalue weighted by molar-refractivity contribution is 7.18. The van der Waals surface area contributed by atoms with E-state index in [1.807, 2.05) is 6.92 Å². The second kappa shape index (κ2) is 6.80. The third kappa shape index (κ3) is 3.59. The minimum absolute atomic E-state index is 0.320. The number of fused-ring (bicyclic) bond motifs is 1. The van der Waals surface area contributed by atoms with E-state index in [1.54, 1.807) is 13.0 Å². The lowest BCUT2D eigenvalue weighted by atomic mass is 10.1. The molecule has 1 N–H and O–H groups in total. The maximum Gasteiger partial charge on any atom is 0.418 e. The molecule has 1 atom stereocenters. The monoisotopic (exact) mass is 395 g/mol. The number of alkyl halides is 3. The molecule has 0 saturated carbocycles. The molecule has 0 saturated heterocycles. The van der Waals surface area contributed by atoms with Crippen LogP contribution in [0.5, 0.6) is 0 Å². The number of benzene rings is 1. The molecule has 27 heavy (non-hydrogen) atoms. The summed E-state index contributed by atoms with van der Waals surface area (Å²) in [6.45, 7) is 4.88. The van der Waals surface area contributed by atoms with Crippen LogP contribution in [0.25, 0.3) is 10.2 Å². The van der Waals surface area contributed by atoms with Crippen molar-refractivity contribution < 1.29 is 18.0 Å². The lowest BCUT2D eigenvalue weighted by molar-refractivity contribution is -0.137. The fraction of sp³-hybridized carbons (Fsp3) is 0.278. The van der Waals surface area contributed by atoms with Crippen molar-refractivity contribution in [3.63, 3.8) is 0 Å². The number of anilines is 1. The maximum atomic E-state index is 13.1. The van der Waals surface area contributed by atoms with E-state index < -0.39 is 29.2 Å². The van der Waals surface area contributed by atoms with Crippen molar-refractivity contribution in [2.24, 2.45) is 0 Å². The van der Waals surface area contributed by atoms with Gasteiger partial charge in [0, 0.05) is 4.88 Å². The molecule has 1 unspecified atom stereocenters. The molecule has 0 spiro atoms. The number of nitrogens with zero attached hydrogens (tertiary/aromatic N) is 2. The SMILES string of the molecule is Cc1cc2c(=O)n(C(C)C(=O)Nc3ccccc3C(F)(F)F)c(C)nc2s1. The van der Waals surface area contributed by atoms with Crippen molar-refractivity contribution in [2.75, 3.05) is 5.32 Å². The minimum Gasteiger partial charge on any atom is -0.324 e. The van der Waals surface area contributed by atoms with Crippen LogP contribution in [0, 0.1) is 13.8 Å². The zero-order chi connectivity index (χ0) is 19.9. The number of hydrogen-bond acceptors (Lipinski definition) is 4. The Bertz CT molecular complexity index is 1090. The van der Waals surface area contributed by atoms with E-state index in [-0.39, 0.29) is 5.69 Å². The molecule has 0 aliphatic rings. The van der Waals surface area contributed by atoms with Crippen LogP contribution in [0.4, 0.5) is 18.9 Å². The second-order valence-corrected chi connectivity index (χ2v) is 7.35. The number of nitrogens with one attached hydrogen (secondary N) is 1. The quantitative estimate of drug-likeness (QED) is 0.719. The first-order valence-corrected chi connectivity index (χ1v) is 8.87.